The molecular weight excluding hydrogens is 348 g/mol. The van der Waals surface area contributed by atoms with Crippen molar-refractivity contribution in [2.75, 3.05) is 44.4 Å². The molecule has 1 atom stereocenters. The molecule has 3 aliphatic heterocycles. The minimum Gasteiger partial charge on any atom is -0.379 e. The van der Waals surface area contributed by atoms with Gasteiger partial charge in [0.05, 0.1) is 13.2 Å². The van der Waals surface area contributed by atoms with E-state index in [-0.39, 0.29) is 28.7 Å². The Morgan fingerprint density at radius 2 is 1.85 bits per heavy atom. The van der Waals surface area contributed by atoms with Gasteiger partial charge in [0.15, 0.2) is 0 Å². The van der Waals surface area contributed by atoms with Crippen molar-refractivity contribution in [3.8, 4) is 0 Å². The summed E-state index contributed by atoms with van der Waals surface area (Å²) in [6, 6.07) is 0.187. The van der Waals surface area contributed by atoms with Crippen LogP contribution >= 0.6 is 11.8 Å². The lowest BCUT2D eigenvalue weighted by Crippen LogP contribution is -2.64. The summed E-state index contributed by atoms with van der Waals surface area (Å²) in [7, 11) is 0. The number of hydrogen-bond acceptors (Lipinski definition) is 5. The Labute approximate surface area is 162 Å². The van der Waals surface area contributed by atoms with E-state index in [1.807, 2.05) is 11.8 Å². The second-order valence-electron chi connectivity index (χ2n) is 9.45. The Kier molecular flexibility index (Phi) is 6.12. The van der Waals surface area contributed by atoms with Crippen LogP contribution in [0.15, 0.2) is 0 Å². The molecule has 0 saturated carbocycles. The Morgan fingerprint density at radius 1 is 1.19 bits per heavy atom. The fourth-order valence-corrected chi connectivity index (χ4v) is 6.52. The number of carbonyl (C=O) groups excluding carboxylic acids is 1. The summed E-state index contributed by atoms with van der Waals surface area (Å²) in [4.78, 5) is 15.2. The van der Waals surface area contributed by atoms with Crippen molar-refractivity contribution in [3.63, 3.8) is 0 Å². The average molecular weight is 385 g/mol. The van der Waals surface area contributed by atoms with Crippen molar-refractivity contribution >= 4 is 17.8 Å². The van der Waals surface area contributed by atoms with Crippen LogP contribution in [0.4, 0.5) is 4.79 Å². The van der Waals surface area contributed by atoms with Crippen LogP contribution < -0.4 is 16.0 Å². The quantitative estimate of drug-likeness (QED) is 0.690. The molecule has 26 heavy (non-hydrogen) atoms. The number of nitrogens with one attached hydrogen (secondary N) is 3. The molecule has 3 fully saturated rings. The van der Waals surface area contributed by atoms with E-state index in [2.05, 4.69) is 48.5 Å². The van der Waals surface area contributed by atoms with Gasteiger partial charge in [0.25, 0.3) is 0 Å². The molecule has 6 nitrogen and oxygen atoms in total. The number of ether oxygens (including phenoxy) is 1. The molecule has 0 aromatic carbocycles. The van der Waals surface area contributed by atoms with Crippen molar-refractivity contribution in [2.45, 2.75) is 69.6 Å². The summed E-state index contributed by atoms with van der Waals surface area (Å²) in [6.07, 6.45) is 3.05. The standard InChI is InChI=1S/C19H36N4O2S/c1-17(2)11-15(12-18(3,4)22-17)21-16(24)20-13-19(5-10-26-14-19)23-6-8-25-9-7-23/h15,22H,5-14H2,1-4H3,(H2,20,21,24). The van der Waals surface area contributed by atoms with Crippen molar-refractivity contribution in [1.29, 1.82) is 0 Å². The topological polar surface area (TPSA) is 65.6 Å². The second kappa shape index (κ2) is 7.86. The van der Waals surface area contributed by atoms with Crippen LogP contribution in [0, 0.1) is 0 Å². The van der Waals surface area contributed by atoms with Gasteiger partial charge in [-0.25, -0.2) is 4.79 Å². The zero-order chi connectivity index (χ0) is 18.8. The van der Waals surface area contributed by atoms with Gasteiger partial charge in [-0.3, -0.25) is 4.90 Å². The highest BCUT2D eigenvalue weighted by atomic mass is 32.2. The van der Waals surface area contributed by atoms with Crippen molar-refractivity contribution in [3.05, 3.63) is 0 Å². The fraction of sp³-hybridized carbons (Fsp3) is 0.947. The van der Waals surface area contributed by atoms with Crippen molar-refractivity contribution in [1.82, 2.24) is 20.9 Å². The Bertz CT molecular complexity index is 484. The molecule has 2 amide bonds. The minimum absolute atomic E-state index is 0.0203. The largest absolute Gasteiger partial charge is 0.379 e. The molecule has 0 radical (unpaired) electrons. The molecule has 0 bridgehead atoms. The molecule has 0 spiro atoms. The van der Waals surface area contributed by atoms with E-state index >= 15 is 0 Å². The van der Waals surface area contributed by atoms with Crippen LogP contribution in [0.5, 0.6) is 0 Å². The van der Waals surface area contributed by atoms with Crippen molar-refractivity contribution < 1.29 is 9.53 Å². The first-order valence-electron chi connectivity index (χ1n) is 9.94. The summed E-state index contributed by atoms with van der Waals surface area (Å²) in [6.45, 7) is 13.1. The first-order valence-corrected chi connectivity index (χ1v) is 11.1. The fourth-order valence-electron chi connectivity index (χ4n) is 5.04. The number of piperidine rings is 1. The molecule has 1 unspecified atom stereocenters. The Balaban J connectivity index is 1.54. The van der Waals surface area contributed by atoms with Gasteiger partial charge < -0.3 is 20.7 Å². The Hall–Kier alpha value is -0.500. The van der Waals surface area contributed by atoms with E-state index in [0.717, 1.165) is 57.9 Å². The monoisotopic (exact) mass is 384 g/mol. The van der Waals surface area contributed by atoms with Crippen LogP contribution in [-0.2, 0) is 4.74 Å². The van der Waals surface area contributed by atoms with E-state index in [9.17, 15) is 4.79 Å². The van der Waals surface area contributed by atoms with Crippen LogP contribution in [0.2, 0.25) is 0 Å². The molecule has 150 valence electrons. The predicted molar refractivity (Wildman–Crippen MR) is 108 cm³/mol. The summed E-state index contributed by atoms with van der Waals surface area (Å²) in [5.41, 5.74) is 0.173. The molecule has 3 saturated heterocycles. The molecular formula is C19H36N4O2S. The van der Waals surface area contributed by atoms with Gasteiger partial charge in [-0.2, -0.15) is 11.8 Å². The number of amides is 2. The first-order chi connectivity index (χ1) is 12.2. The number of carbonyl (C=O) groups is 1. The van der Waals surface area contributed by atoms with Crippen LogP contribution in [0.25, 0.3) is 0 Å². The lowest BCUT2D eigenvalue weighted by Gasteiger charge is -2.46. The summed E-state index contributed by atoms with van der Waals surface area (Å²) < 4.78 is 5.52. The van der Waals surface area contributed by atoms with Gasteiger partial charge in [-0.1, -0.05) is 0 Å². The number of rotatable bonds is 4. The van der Waals surface area contributed by atoms with E-state index in [1.165, 1.54) is 5.75 Å². The van der Waals surface area contributed by atoms with Crippen LogP contribution in [0.3, 0.4) is 0 Å². The third-order valence-electron chi connectivity index (χ3n) is 5.87. The maximum Gasteiger partial charge on any atom is 0.315 e. The summed E-state index contributed by atoms with van der Waals surface area (Å²) in [5, 5.41) is 10.1. The van der Waals surface area contributed by atoms with E-state index in [0.29, 0.717) is 0 Å². The highest BCUT2D eigenvalue weighted by Crippen LogP contribution is 2.33. The number of hydrogen-bond donors (Lipinski definition) is 3. The molecule has 3 N–H and O–H groups in total. The normalized spacial score (nSPS) is 32.3. The maximum absolute atomic E-state index is 12.6. The van der Waals surface area contributed by atoms with E-state index in [1.54, 1.807) is 0 Å². The lowest BCUT2D eigenvalue weighted by molar-refractivity contribution is -0.0124. The molecule has 0 aromatic rings. The zero-order valence-corrected chi connectivity index (χ0v) is 17.6. The van der Waals surface area contributed by atoms with Crippen molar-refractivity contribution in [2.24, 2.45) is 0 Å². The number of nitrogens with zero attached hydrogens (tertiary/aromatic N) is 1. The van der Waals surface area contributed by atoms with Gasteiger partial charge in [0.1, 0.15) is 0 Å². The van der Waals surface area contributed by atoms with Gasteiger partial charge in [0, 0.05) is 48.0 Å². The third-order valence-corrected chi connectivity index (χ3v) is 7.10. The van der Waals surface area contributed by atoms with Crippen LogP contribution in [-0.4, -0.2) is 77.9 Å². The second-order valence-corrected chi connectivity index (χ2v) is 10.6. The Morgan fingerprint density at radius 3 is 2.42 bits per heavy atom. The van der Waals surface area contributed by atoms with Gasteiger partial charge >= 0.3 is 6.03 Å². The highest BCUT2D eigenvalue weighted by Gasteiger charge is 2.42. The highest BCUT2D eigenvalue weighted by molar-refractivity contribution is 7.99. The lowest BCUT2D eigenvalue weighted by atomic mass is 9.80. The van der Waals surface area contributed by atoms with Crippen LogP contribution in [0.1, 0.15) is 47.0 Å². The van der Waals surface area contributed by atoms with Gasteiger partial charge in [-0.05, 0) is 52.7 Å². The van der Waals surface area contributed by atoms with Gasteiger partial charge in [0.2, 0.25) is 0 Å². The molecule has 3 aliphatic rings. The molecule has 3 heterocycles. The first kappa shape index (κ1) is 20.2. The summed E-state index contributed by atoms with van der Waals surface area (Å²) in [5.74, 6) is 2.28. The predicted octanol–water partition coefficient (Wildman–Crippen LogP) is 1.80. The molecule has 7 heteroatoms. The number of urea groups is 1. The SMILES string of the molecule is CC1(C)CC(NC(=O)NCC2(N3CCOCC3)CCSC2)CC(C)(C)N1. The average Bonchev–Trinajstić information content (AvgIpc) is 3.01. The number of thioether (sulfide) groups is 1. The third kappa shape index (κ3) is 5.06. The number of morpholine rings is 1. The summed E-state index contributed by atoms with van der Waals surface area (Å²) >= 11 is 2.00. The molecule has 3 rings (SSSR count). The minimum atomic E-state index is -0.0203. The van der Waals surface area contributed by atoms with E-state index in [4.69, 9.17) is 4.74 Å². The zero-order valence-electron chi connectivity index (χ0n) is 16.8. The molecule has 0 aliphatic carbocycles. The molecule has 0 aromatic heterocycles. The van der Waals surface area contributed by atoms with E-state index < -0.39 is 0 Å². The smallest absolute Gasteiger partial charge is 0.315 e. The maximum atomic E-state index is 12.6. The van der Waals surface area contributed by atoms with Gasteiger partial charge in [-0.15, -0.1) is 0 Å².